The van der Waals surface area contributed by atoms with Gasteiger partial charge in [-0.1, -0.05) is 32.9 Å². The van der Waals surface area contributed by atoms with E-state index in [2.05, 4.69) is 38.2 Å². The van der Waals surface area contributed by atoms with Crippen LogP contribution in [0.1, 0.15) is 38.8 Å². The lowest BCUT2D eigenvalue weighted by molar-refractivity contribution is -0.114. The summed E-state index contributed by atoms with van der Waals surface area (Å²) in [6, 6.07) is 13.8. The number of aliphatic hydroxyl groups excluding tert-OH is 1. The Hall–Kier alpha value is -1.98. The van der Waals surface area contributed by atoms with Crippen LogP contribution in [0.15, 0.2) is 47.4 Å². The van der Waals surface area contributed by atoms with Gasteiger partial charge in [0.1, 0.15) is 12.4 Å². The monoisotopic (exact) mass is 387 g/mol. The van der Waals surface area contributed by atoms with Gasteiger partial charge >= 0.3 is 0 Å². The molecule has 1 amide bonds. The minimum absolute atomic E-state index is 0.0891. The van der Waals surface area contributed by atoms with Gasteiger partial charge in [-0.15, -0.1) is 11.8 Å². The van der Waals surface area contributed by atoms with Crippen LogP contribution in [0.4, 0.5) is 5.69 Å². The lowest BCUT2D eigenvalue weighted by Crippen LogP contribution is -2.20. The van der Waals surface area contributed by atoms with Gasteiger partial charge in [0, 0.05) is 23.3 Å². The van der Waals surface area contributed by atoms with E-state index in [0.717, 1.165) is 21.9 Å². The van der Waals surface area contributed by atoms with Gasteiger partial charge in [-0.2, -0.15) is 0 Å². The number of aliphatic hydroxyl groups is 1. The topological polar surface area (TPSA) is 58.6 Å². The second kappa shape index (κ2) is 9.29. The van der Waals surface area contributed by atoms with E-state index >= 15 is 0 Å². The van der Waals surface area contributed by atoms with Crippen molar-refractivity contribution in [3.8, 4) is 5.75 Å². The van der Waals surface area contributed by atoms with Crippen molar-refractivity contribution in [3.05, 3.63) is 53.6 Å². The molecule has 1 atom stereocenters. The van der Waals surface area contributed by atoms with Gasteiger partial charge in [-0.25, -0.2) is 0 Å². The molecular weight excluding hydrogens is 358 g/mol. The molecule has 0 fully saturated rings. The predicted molar refractivity (Wildman–Crippen MR) is 113 cm³/mol. The van der Waals surface area contributed by atoms with Crippen molar-refractivity contribution in [2.24, 2.45) is 0 Å². The van der Waals surface area contributed by atoms with Gasteiger partial charge in [0.2, 0.25) is 5.91 Å². The molecule has 0 heterocycles. The number of anilines is 1. The van der Waals surface area contributed by atoms with Crippen LogP contribution in [-0.4, -0.2) is 29.5 Å². The SMILES string of the molecule is CC(=O)Nc1ccc(SCC(O)COc2ccc(C(C)(C)C)cc2C)cc1. The molecule has 4 nitrogen and oxygen atoms in total. The Balaban J connectivity index is 1.82. The van der Waals surface area contributed by atoms with Crippen molar-refractivity contribution in [1.29, 1.82) is 0 Å². The summed E-state index contributed by atoms with van der Waals surface area (Å²) in [4.78, 5) is 12.1. The highest BCUT2D eigenvalue weighted by molar-refractivity contribution is 7.99. The van der Waals surface area contributed by atoms with Crippen molar-refractivity contribution < 1.29 is 14.6 Å². The van der Waals surface area contributed by atoms with Crippen LogP contribution >= 0.6 is 11.8 Å². The summed E-state index contributed by atoms with van der Waals surface area (Å²) in [7, 11) is 0. The first kappa shape index (κ1) is 21.3. The molecule has 2 rings (SSSR count). The predicted octanol–water partition coefficient (Wildman–Crippen LogP) is 4.78. The molecule has 2 aromatic carbocycles. The van der Waals surface area contributed by atoms with E-state index in [9.17, 15) is 9.90 Å². The van der Waals surface area contributed by atoms with Crippen molar-refractivity contribution in [3.63, 3.8) is 0 Å². The number of nitrogens with one attached hydrogen (secondary N) is 1. The third-order valence-corrected chi connectivity index (χ3v) is 5.25. The molecule has 5 heteroatoms. The highest BCUT2D eigenvalue weighted by Crippen LogP contribution is 2.28. The Morgan fingerprint density at radius 3 is 2.41 bits per heavy atom. The first-order chi connectivity index (χ1) is 12.6. The van der Waals surface area contributed by atoms with E-state index in [1.807, 2.05) is 37.3 Å². The number of carbonyl (C=O) groups is 1. The van der Waals surface area contributed by atoms with Crippen LogP contribution in [0.2, 0.25) is 0 Å². The van der Waals surface area contributed by atoms with Gasteiger partial charge in [-0.3, -0.25) is 4.79 Å². The zero-order valence-electron chi connectivity index (χ0n) is 16.7. The Labute approximate surface area is 166 Å². The van der Waals surface area contributed by atoms with Crippen LogP contribution in [-0.2, 0) is 10.2 Å². The van der Waals surface area contributed by atoms with Crippen molar-refractivity contribution in [2.45, 2.75) is 51.0 Å². The maximum atomic E-state index is 11.0. The van der Waals surface area contributed by atoms with Crippen molar-refractivity contribution in [2.75, 3.05) is 17.7 Å². The molecule has 1 unspecified atom stereocenters. The first-order valence-electron chi connectivity index (χ1n) is 9.07. The number of carbonyl (C=O) groups excluding carboxylic acids is 1. The standard InChI is InChI=1S/C22H29NO3S/c1-15-12-17(22(3,4)5)6-11-21(15)26-13-19(25)14-27-20-9-7-18(8-10-20)23-16(2)24/h6-12,19,25H,13-14H2,1-5H3,(H,23,24). The third-order valence-electron chi connectivity index (χ3n) is 4.09. The van der Waals surface area contributed by atoms with Gasteiger partial charge in [0.05, 0.1) is 6.10 Å². The zero-order valence-corrected chi connectivity index (χ0v) is 17.5. The van der Waals surface area contributed by atoms with Crippen molar-refractivity contribution in [1.82, 2.24) is 0 Å². The van der Waals surface area contributed by atoms with E-state index in [0.29, 0.717) is 5.75 Å². The summed E-state index contributed by atoms with van der Waals surface area (Å²) in [6.45, 7) is 10.3. The van der Waals surface area contributed by atoms with E-state index in [1.165, 1.54) is 12.5 Å². The molecule has 0 radical (unpaired) electrons. The normalized spacial score (nSPS) is 12.5. The molecular formula is C22H29NO3S. The Morgan fingerprint density at radius 1 is 1.19 bits per heavy atom. The second-order valence-electron chi connectivity index (χ2n) is 7.71. The maximum absolute atomic E-state index is 11.0. The molecule has 0 aliphatic heterocycles. The zero-order chi connectivity index (χ0) is 20.0. The van der Waals surface area contributed by atoms with Gasteiger partial charge < -0.3 is 15.2 Å². The fraction of sp³-hybridized carbons (Fsp3) is 0.409. The second-order valence-corrected chi connectivity index (χ2v) is 8.81. The van der Waals surface area contributed by atoms with Crippen molar-refractivity contribution >= 4 is 23.4 Å². The first-order valence-corrected chi connectivity index (χ1v) is 10.1. The summed E-state index contributed by atoms with van der Waals surface area (Å²) in [5.41, 5.74) is 3.22. The molecule has 146 valence electrons. The summed E-state index contributed by atoms with van der Waals surface area (Å²) < 4.78 is 5.81. The third kappa shape index (κ3) is 6.92. The quantitative estimate of drug-likeness (QED) is 0.671. The minimum Gasteiger partial charge on any atom is -0.491 e. The largest absolute Gasteiger partial charge is 0.491 e. The molecule has 0 saturated carbocycles. The molecule has 0 bridgehead atoms. The number of amides is 1. The summed E-state index contributed by atoms with van der Waals surface area (Å²) in [6.07, 6.45) is -0.563. The van der Waals surface area contributed by atoms with Crippen LogP contribution in [0, 0.1) is 6.92 Å². The molecule has 2 aromatic rings. The lowest BCUT2D eigenvalue weighted by atomic mass is 9.86. The lowest BCUT2D eigenvalue weighted by Gasteiger charge is -2.21. The Kier molecular flexibility index (Phi) is 7.33. The summed E-state index contributed by atoms with van der Waals surface area (Å²) in [5, 5.41) is 13.0. The van der Waals surface area contributed by atoms with E-state index in [1.54, 1.807) is 11.8 Å². The highest BCUT2D eigenvalue weighted by atomic mass is 32.2. The highest BCUT2D eigenvalue weighted by Gasteiger charge is 2.15. The molecule has 0 spiro atoms. The number of benzene rings is 2. The smallest absolute Gasteiger partial charge is 0.221 e. The Morgan fingerprint density at radius 2 is 1.85 bits per heavy atom. The van der Waals surface area contributed by atoms with Gasteiger partial charge in [-0.05, 0) is 53.8 Å². The number of thioether (sulfide) groups is 1. The summed E-state index contributed by atoms with van der Waals surface area (Å²) >= 11 is 1.56. The number of aryl methyl sites for hydroxylation is 1. The average Bonchev–Trinajstić information content (AvgIpc) is 2.58. The van der Waals surface area contributed by atoms with E-state index < -0.39 is 6.10 Å². The molecule has 0 aliphatic rings. The average molecular weight is 388 g/mol. The number of rotatable bonds is 7. The molecule has 2 N–H and O–H groups in total. The van der Waals surface area contributed by atoms with E-state index in [-0.39, 0.29) is 17.9 Å². The molecule has 27 heavy (non-hydrogen) atoms. The van der Waals surface area contributed by atoms with Crippen LogP contribution in [0.25, 0.3) is 0 Å². The summed E-state index contributed by atoms with van der Waals surface area (Å²) in [5.74, 6) is 1.26. The van der Waals surface area contributed by atoms with Crippen LogP contribution in [0.5, 0.6) is 5.75 Å². The maximum Gasteiger partial charge on any atom is 0.221 e. The number of ether oxygens (including phenoxy) is 1. The fourth-order valence-electron chi connectivity index (χ4n) is 2.54. The van der Waals surface area contributed by atoms with Crippen LogP contribution in [0.3, 0.4) is 0 Å². The molecule has 0 aromatic heterocycles. The minimum atomic E-state index is -0.563. The number of hydrogen-bond acceptors (Lipinski definition) is 4. The Bertz CT molecular complexity index is 766. The van der Waals surface area contributed by atoms with Crippen LogP contribution < -0.4 is 10.1 Å². The van der Waals surface area contributed by atoms with Gasteiger partial charge in [0.25, 0.3) is 0 Å². The molecule has 0 saturated heterocycles. The molecule has 0 aliphatic carbocycles. The van der Waals surface area contributed by atoms with Gasteiger partial charge in [0.15, 0.2) is 0 Å². The van der Waals surface area contributed by atoms with E-state index in [4.69, 9.17) is 4.74 Å². The number of hydrogen-bond donors (Lipinski definition) is 2. The fourth-order valence-corrected chi connectivity index (χ4v) is 3.35.